The van der Waals surface area contributed by atoms with Crippen molar-refractivity contribution < 1.29 is 14.3 Å². The van der Waals surface area contributed by atoms with Crippen LogP contribution >= 0.6 is 27.5 Å². The Morgan fingerprint density at radius 2 is 1.65 bits per heavy atom. The number of rotatable bonds is 4. The van der Waals surface area contributed by atoms with Gasteiger partial charge in [-0.05, 0) is 48.2 Å². The molecule has 0 unspecified atom stereocenters. The first-order valence-electron chi connectivity index (χ1n) is 8.32. The highest BCUT2D eigenvalue weighted by molar-refractivity contribution is 9.10. The Kier molecular flexibility index (Phi) is 4.12. The summed E-state index contributed by atoms with van der Waals surface area (Å²) in [6.07, 6.45) is 0.969. The lowest BCUT2D eigenvalue weighted by Gasteiger charge is -2.58. The second-order valence-electron chi connectivity index (χ2n) is 6.95. The highest BCUT2D eigenvalue weighted by Gasteiger charge is 2.69. The molecule has 2 heterocycles. The Labute approximate surface area is 165 Å². The quantitative estimate of drug-likeness (QED) is 0.538. The number of carbonyl (C=O) groups is 2. The molecule has 2 bridgehead atoms. The number of amides is 2. The highest BCUT2D eigenvalue weighted by Crippen LogP contribution is 2.60. The fourth-order valence-electron chi connectivity index (χ4n) is 3.95. The molecule has 134 valence electrons. The van der Waals surface area contributed by atoms with Crippen molar-refractivity contribution in [3.05, 3.63) is 64.7 Å². The topological polar surface area (TPSA) is 46.6 Å². The maximum Gasteiger partial charge on any atom is 0.246 e. The van der Waals surface area contributed by atoms with E-state index in [-0.39, 0.29) is 18.4 Å². The molecule has 5 rings (SSSR count). The van der Waals surface area contributed by atoms with E-state index in [2.05, 4.69) is 15.9 Å². The number of imide groups is 1. The van der Waals surface area contributed by atoms with Crippen molar-refractivity contribution in [2.45, 2.75) is 29.1 Å². The molecule has 1 saturated carbocycles. The number of benzene rings is 2. The van der Waals surface area contributed by atoms with Gasteiger partial charge < -0.3 is 4.74 Å². The lowest BCUT2D eigenvalue weighted by atomic mass is 9.54. The number of hydrogen-bond donors (Lipinski definition) is 0. The van der Waals surface area contributed by atoms with E-state index in [1.165, 1.54) is 4.90 Å². The van der Waals surface area contributed by atoms with Crippen molar-refractivity contribution in [2.75, 3.05) is 7.11 Å². The number of hydrogen-bond acceptors (Lipinski definition) is 3. The Morgan fingerprint density at radius 1 is 1.04 bits per heavy atom. The third kappa shape index (κ3) is 2.57. The smallest absolute Gasteiger partial charge is 0.246 e. The van der Waals surface area contributed by atoms with Crippen molar-refractivity contribution in [2.24, 2.45) is 0 Å². The predicted octanol–water partition coefficient (Wildman–Crippen LogP) is 4.08. The largest absolute Gasteiger partial charge is 0.497 e. The van der Waals surface area contributed by atoms with Gasteiger partial charge in [0.25, 0.3) is 0 Å². The first-order valence-corrected chi connectivity index (χ1v) is 9.49. The molecule has 2 aromatic rings. The third-order valence-electron chi connectivity index (χ3n) is 5.34. The SMILES string of the molecule is COc1ccc(CN2C(=O)C3(Br)CC(c4ccc(Cl)cc4)(C3)C2=O)cc1. The molecule has 2 aliphatic heterocycles. The van der Waals surface area contributed by atoms with Gasteiger partial charge in [-0.15, -0.1) is 0 Å². The summed E-state index contributed by atoms with van der Waals surface area (Å²) in [5.74, 6) is 0.443. The molecule has 2 amide bonds. The Hall–Kier alpha value is -1.85. The monoisotopic (exact) mass is 433 g/mol. The predicted molar refractivity (Wildman–Crippen MR) is 103 cm³/mol. The molecule has 0 aromatic heterocycles. The summed E-state index contributed by atoms with van der Waals surface area (Å²) in [4.78, 5) is 27.5. The van der Waals surface area contributed by atoms with Crippen LogP contribution < -0.4 is 4.74 Å². The Morgan fingerprint density at radius 3 is 2.23 bits per heavy atom. The minimum absolute atomic E-state index is 0.137. The number of ether oxygens (including phenoxy) is 1. The van der Waals surface area contributed by atoms with Crippen LogP contribution in [-0.2, 0) is 21.5 Å². The number of halogens is 2. The van der Waals surface area contributed by atoms with Crippen molar-refractivity contribution in [1.29, 1.82) is 0 Å². The summed E-state index contributed by atoms with van der Waals surface area (Å²) in [6, 6.07) is 14.7. The van der Waals surface area contributed by atoms with E-state index in [0.29, 0.717) is 17.9 Å². The number of carbonyl (C=O) groups excluding carboxylic acids is 2. The van der Waals surface area contributed by atoms with Gasteiger partial charge in [0.15, 0.2) is 0 Å². The molecule has 3 aliphatic rings. The summed E-state index contributed by atoms with van der Waals surface area (Å²) < 4.78 is 4.50. The van der Waals surface area contributed by atoms with E-state index in [9.17, 15) is 9.59 Å². The molecule has 6 heteroatoms. The number of methoxy groups -OCH3 is 1. The maximum atomic E-state index is 13.3. The lowest BCUT2D eigenvalue weighted by molar-refractivity contribution is -0.166. The summed E-state index contributed by atoms with van der Waals surface area (Å²) >= 11 is 9.57. The summed E-state index contributed by atoms with van der Waals surface area (Å²) in [6.45, 7) is 0.254. The summed E-state index contributed by atoms with van der Waals surface area (Å²) in [5.41, 5.74) is 1.14. The lowest BCUT2D eigenvalue weighted by Crippen LogP contribution is -2.72. The van der Waals surface area contributed by atoms with Gasteiger partial charge in [0.05, 0.1) is 19.1 Å². The average molecular weight is 435 g/mol. The first kappa shape index (κ1) is 17.6. The number of nitrogens with zero attached hydrogens (tertiary/aromatic N) is 1. The van der Waals surface area contributed by atoms with Crippen LogP contribution in [0, 0.1) is 0 Å². The minimum atomic E-state index is -0.660. The van der Waals surface area contributed by atoms with Gasteiger partial charge in [-0.1, -0.05) is 51.8 Å². The van der Waals surface area contributed by atoms with Crippen molar-refractivity contribution in [3.8, 4) is 5.75 Å². The number of alkyl halides is 1. The van der Waals surface area contributed by atoms with E-state index in [0.717, 1.165) is 16.9 Å². The van der Waals surface area contributed by atoms with Crippen molar-refractivity contribution in [3.63, 3.8) is 0 Å². The van der Waals surface area contributed by atoms with Crippen LogP contribution in [0.3, 0.4) is 0 Å². The van der Waals surface area contributed by atoms with Gasteiger partial charge >= 0.3 is 0 Å². The molecule has 3 fully saturated rings. The van der Waals surface area contributed by atoms with Crippen LogP contribution in [0.25, 0.3) is 0 Å². The zero-order chi connectivity index (χ0) is 18.5. The molecule has 4 nitrogen and oxygen atoms in total. The van der Waals surface area contributed by atoms with Crippen LogP contribution in [0.4, 0.5) is 0 Å². The van der Waals surface area contributed by atoms with Gasteiger partial charge in [-0.2, -0.15) is 0 Å². The van der Waals surface area contributed by atoms with E-state index in [4.69, 9.17) is 16.3 Å². The maximum absolute atomic E-state index is 13.3. The van der Waals surface area contributed by atoms with Gasteiger partial charge in [0.1, 0.15) is 10.1 Å². The average Bonchev–Trinajstić information content (AvgIpc) is 2.62. The molecular weight excluding hydrogens is 418 g/mol. The number of piperidine rings is 2. The summed E-state index contributed by atoms with van der Waals surface area (Å²) in [7, 11) is 1.60. The molecule has 0 atom stereocenters. The Balaban J connectivity index is 1.65. The highest BCUT2D eigenvalue weighted by atomic mass is 79.9. The zero-order valence-corrected chi connectivity index (χ0v) is 16.5. The van der Waals surface area contributed by atoms with E-state index in [1.807, 2.05) is 36.4 Å². The normalized spacial score (nSPS) is 27.3. The van der Waals surface area contributed by atoms with Crippen LogP contribution in [0.1, 0.15) is 24.0 Å². The van der Waals surface area contributed by atoms with Crippen LogP contribution in [0.15, 0.2) is 48.5 Å². The summed E-state index contributed by atoms with van der Waals surface area (Å²) in [5, 5.41) is 0.629. The van der Waals surface area contributed by atoms with Gasteiger partial charge in [-0.3, -0.25) is 14.5 Å². The van der Waals surface area contributed by atoms with E-state index in [1.54, 1.807) is 19.2 Å². The molecule has 26 heavy (non-hydrogen) atoms. The molecule has 0 radical (unpaired) electrons. The first-order chi connectivity index (χ1) is 12.4. The van der Waals surface area contributed by atoms with Gasteiger partial charge in [0.2, 0.25) is 11.8 Å². The van der Waals surface area contributed by atoms with Crippen molar-refractivity contribution in [1.82, 2.24) is 4.90 Å². The molecule has 2 aromatic carbocycles. The fourth-order valence-corrected chi connectivity index (χ4v) is 5.25. The molecule has 1 aliphatic carbocycles. The van der Waals surface area contributed by atoms with Gasteiger partial charge in [-0.25, -0.2) is 0 Å². The third-order valence-corrected chi connectivity index (χ3v) is 6.50. The van der Waals surface area contributed by atoms with Gasteiger partial charge in [0, 0.05) is 5.02 Å². The minimum Gasteiger partial charge on any atom is -0.497 e. The van der Waals surface area contributed by atoms with Crippen molar-refractivity contribution >= 4 is 39.3 Å². The molecule has 2 saturated heterocycles. The van der Waals surface area contributed by atoms with Crippen LogP contribution in [-0.4, -0.2) is 28.1 Å². The van der Waals surface area contributed by atoms with Crippen LogP contribution in [0.2, 0.25) is 5.02 Å². The van der Waals surface area contributed by atoms with E-state index < -0.39 is 9.74 Å². The molecule has 0 spiro atoms. The zero-order valence-electron chi connectivity index (χ0n) is 14.2. The number of fused-ring (bicyclic) bond motifs is 2. The standard InChI is InChI=1S/C20H17BrClNO3/c1-26-16-8-2-13(3-9-16)10-23-17(24)19(11-20(21,12-19)18(23)25)14-4-6-15(22)7-5-14/h2-9H,10-12H2,1H3. The second kappa shape index (κ2) is 6.10. The molecule has 0 N–H and O–H groups in total. The molecular formula is C20H17BrClNO3. The second-order valence-corrected chi connectivity index (χ2v) is 8.91. The van der Waals surface area contributed by atoms with Crippen LogP contribution in [0.5, 0.6) is 5.75 Å². The van der Waals surface area contributed by atoms with E-state index >= 15 is 0 Å². The fraction of sp³-hybridized carbons (Fsp3) is 0.300. The Bertz CT molecular complexity index is 873.